The highest BCUT2D eigenvalue weighted by Crippen LogP contribution is 2.44. The summed E-state index contributed by atoms with van der Waals surface area (Å²) in [6, 6.07) is 20.3. The van der Waals surface area contributed by atoms with Crippen LogP contribution >= 0.6 is 0 Å². The van der Waals surface area contributed by atoms with E-state index >= 15 is 0 Å². The number of benzene rings is 4. The number of likely N-dealkylation sites (tertiary alicyclic amines) is 1. The number of aromatic nitrogens is 5. The Morgan fingerprint density at radius 1 is 0.824 bits per heavy atom. The van der Waals surface area contributed by atoms with Crippen LogP contribution in [0.3, 0.4) is 0 Å². The summed E-state index contributed by atoms with van der Waals surface area (Å²) in [6.07, 6.45) is 1.62. The van der Waals surface area contributed by atoms with Crippen LogP contribution in [-0.2, 0) is 27.8 Å². The van der Waals surface area contributed by atoms with Gasteiger partial charge in [0.2, 0.25) is 27.7 Å². The Balaban J connectivity index is 0.710. The Morgan fingerprint density at radius 3 is 2.16 bits per heavy atom. The zero-order valence-electron chi connectivity index (χ0n) is 48.6. The smallest absolute Gasteiger partial charge is 0.408 e. The van der Waals surface area contributed by atoms with Gasteiger partial charge in [0.15, 0.2) is 11.6 Å². The van der Waals surface area contributed by atoms with E-state index in [0.29, 0.717) is 67.8 Å². The summed E-state index contributed by atoms with van der Waals surface area (Å²) in [4.78, 5) is 62.8. The number of nitrogens with one attached hydrogen (secondary N) is 1. The van der Waals surface area contributed by atoms with Crippen LogP contribution in [0.2, 0.25) is 0 Å². The number of carbonyl (C=O) groups excluding carboxylic acids is 3. The molecule has 0 saturated carbocycles. The van der Waals surface area contributed by atoms with Crippen LogP contribution in [0.25, 0.3) is 17.1 Å². The van der Waals surface area contributed by atoms with Gasteiger partial charge in [0, 0.05) is 108 Å². The summed E-state index contributed by atoms with van der Waals surface area (Å²) in [7, 11) is -2.39. The molecular formula is C60H72F3N13O8S. The minimum Gasteiger partial charge on any atom is -0.508 e. The number of hydrogen-bond acceptors (Lipinski definition) is 16. The van der Waals surface area contributed by atoms with E-state index < -0.39 is 34.0 Å². The van der Waals surface area contributed by atoms with Crippen LogP contribution in [0.1, 0.15) is 85.5 Å². The standard InChI is InChI=1S/C60H72F3N13O8S/c1-7-41-32-46(51(78)34-50(41)77)53-67-68-55(56(79)65-38(4)60(61,62)63)75(53)43-16-14-39(15-17-43)36-70-28-30-71(31-29-70)37-40-20-24-73(25-21-40)57(80)42-22-26-72(27-23-42)44-18-19-48(52(33-44)84-9-3)74(8-2)59-64-35-49-54(66-59)76(85(6,82)83)47-13-11-10-12-45(47)58(81)69(49)5/h10-19,32-35,38,40,42,77-78H,7-9,20-31,36-37H2,1-6H3,(H,65,79). The highest BCUT2D eigenvalue weighted by Gasteiger charge is 2.40. The number of phenols is 2. The fraction of sp³-hybridized carbons (Fsp3) is 0.450. The van der Waals surface area contributed by atoms with E-state index in [1.165, 1.54) is 21.7 Å². The molecule has 10 rings (SSSR count). The number of ether oxygens (including phenoxy) is 1. The van der Waals surface area contributed by atoms with E-state index in [0.717, 1.165) is 106 Å². The zero-order valence-corrected chi connectivity index (χ0v) is 49.4. The van der Waals surface area contributed by atoms with Crippen LogP contribution in [0.15, 0.2) is 85.1 Å². The molecule has 4 aliphatic rings. The third-order valence-electron chi connectivity index (χ3n) is 16.6. The van der Waals surface area contributed by atoms with Crippen molar-refractivity contribution in [1.29, 1.82) is 0 Å². The first kappa shape index (κ1) is 60.1. The van der Waals surface area contributed by atoms with Crippen molar-refractivity contribution in [3.63, 3.8) is 0 Å². The monoisotopic (exact) mass is 1190 g/mol. The summed E-state index contributed by atoms with van der Waals surface area (Å²) in [5.74, 6) is -0.813. The molecule has 0 radical (unpaired) electrons. The summed E-state index contributed by atoms with van der Waals surface area (Å²) < 4.78 is 76.0. The normalized spacial score (nSPS) is 17.1. The molecule has 1 atom stereocenters. The number of anilines is 6. The first-order valence-corrected chi connectivity index (χ1v) is 30.7. The molecule has 452 valence electrons. The lowest BCUT2D eigenvalue weighted by molar-refractivity contribution is -0.149. The number of sulfonamides is 1. The van der Waals surface area contributed by atoms with Crippen LogP contribution in [0.4, 0.5) is 47.7 Å². The molecule has 25 heteroatoms. The van der Waals surface area contributed by atoms with Gasteiger partial charge >= 0.3 is 6.18 Å². The number of hydrogen-bond donors (Lipinski definition) is 3. The van der Waals surface area contributed by atoms with Gasteiger partial charge in [0.05, 0.1) is 41.6 Å². The van der Waals surface area contributed by atoms with E-state index in [1.807, 2.05) is 61.3 Å². The van der Waals surface area contributed by atoms with Crippen molar-refractivity contribution in [3.8, 4) is 34.3 Å². The lowest BCUT2D eigenvalue weighted by atomic mass is 9.91. The fourth-order valence-electron chi connectivity index (χ4n) is 11.8. The minimum absolute atomic E-state index is 0.0161. The second kappa shape index (κ2) is 24.9. The number of piperazine rings is 1. The molecular weight excluding hydrogens is 1120 g/mol. The third-order valence-corrected chi connectivity index (χ3v) is 17.6. The highest BCUT2D eigenvalue weighted by atomic mass is 32.2. The molecule has 6 heterocycles. The van der Waals surface area contributed by atoms with Crippen LogP contribution < -0.4 is 29.1 Å². The maximum atomic E-state index is 14.0. The average molecular weight is 1190 g/mol. The molecule has 1 unspecified atom stereocenters. The Labute approximate surface area is 492 Å². The number of piperidine rings is 2. The number of para-hydroxylation sites is 1. The van der Waals surface area contributed by atoms with E-state index in [4.69, 9.17) is 9.72 Å². The van der Waals surface area contributed by atoms with Crippen molar-refractivity contribution >= 4 is 62.3 Å². The number of alkyl halides is 3. The molecule has 4 aliphatic heterocycles. The molecule has 3 N–H and O–H groups in total. The Bertz CT molecular complexity index is 3550. The van der Waals surface area contributed by atoms with Gasteiger partial charge in [-0.3, -0.25) is 23.9 Å². The van der Waals surface area contributed by atoms with Crippen LogP contribution in [0, 0.1) is 11.8 Å². The van der Waals surface area contributed by atoms with E-state index in [-0.39, 0.29) is 69.3 Å². The van der Waals surface area contributed by atoms with E-state index in [2.05, 4.69) is 34.8 Å². The Morgan fingerprint density at radius 2 is 1.51 bits per heavy atom. The number of fused-ring (bicyclic) bond motifs is 2. The first-order chi connectivity index (χ1) is 40.6. The van der Waals surface area contributed by atoms with Gasteiger partial charge in [-0.15, -0.1) is 10.2 Å². The van der Waals surface area contributed by atoms with Gasteiger partial charge in [-0.25, -0.2) is 17.7 Å². The van der Waals surface area contributed by atoms with Crippen molar-refractivity contribution in [2.24, 2.45) is 11.8 Å². The summed E-state index contributed by atoms with van der Waals surface area (Å²) in [6.45, 7) is 15.3. The number of aryl methyl sites for hydroxylation is 1. The highest BCUT2D eigenvalue weighted by molar-refractivity contribution is 7.92. The van der Waals surface area contributed by atoms with E-state index in [9.17, 15) is 46.2 Å². The molecule has 2 aromatic heterocycles. The topological polar surface area (TPSA) is 226 Å². The number of nitrogens with zero attached hydrogens (tertiary/aromatic N) is 12. The SMILES string of the molecule is CCOc1cc(N2CCC(C(=O)N3CCC(CN4CCN(Cc5ccc(-n6c(C(=O)NC(C)C(F)(F)F)nnc6-c6cc(CC)c(O)cc6O)cc5)CC4)CC3)CC2)ccc1N(CC)c1ncc2c(n1)N(S(C)(=O)=O)c1ccccc1C(=O)N2C. The number of amides is 3. The Kier molecular flexibility index (Phi) is 17.6. The fourth-order valence-corrected chi connectivity index (χ4v) is 12.8. The van der Waals surface area contributed by atoms with Gasteiger partial charge in [-0.2, -0.15) is 18.2 Å². The van der Waals surface area contributed by atoms with Crippen molar-refractivity contribution in [2.75, 3.05) is 104 Å². The Hall–Kier alpha value is -8.03. The third kappa shape index (κ3) is 12.7. The molecule has 3 fully saturated rings. The molecule has 0 bridgehead atoms. The lowest BCUT2D eigenvalue weighted by Crippen LogP contribution is -2.49. The van der Waals surface area contributed by atoms with Gasteiger partial charge in [0.25, 0.3) is 11.8 Å². The number of halogens is 3. The number of rotatable bonds is 17. The second-order valence-electron chi connectivity index (χ2n) is 22.2. The molecule has 3 saturated heterocycles. The number of aromatic hydroxyl groups is 2. The summed E-state index contributed by atoms with van der Waals surface area (Å²) in [5, 5.41) is 31.3. The largest absolute Gasteiger partial charge is 0.508 e. The summed E-state index contributed by atoms with van der Waals surface area (Å²) >= 11 is 0. The zero-order chi connectivity index (χ0) is 60.5. The summed E-state index contributed by atoms with van der Waals surface area (Å²) in [5.41, 5.74) is 4.33. The molecule has 4 aromatic carbocycles. The first-order valence-electron chi connectivity index (χ1n) is 28.9. The van der Waals surface area contributed by atoms with Gasteiger partial charge < -0.3 is 44.8 Å². The predicted octanol–water partition coefficient (Wildman–Crippen LogP) is 7.90. The maximum Gasteiger partial charge on any atom is 0.408 e. The second-order valence-corrected chi connectivity index (χ2v) is 24.0. The van der Waals surface area contributed by atoms with Crippen LogP contribution in [-0.4, -0.2) is 173 Å². The molecule has 21 nitrogen and oxygen atoms in total. The predicted molar refractivity (Wildman–Crippen MR) is 317 cm³/mol. The lowest BCUT2D eigenvalue weighted by Gasteiger charge is -2.40. The van der Waals surface area contributed by atoms with Crippen molar-refractivity contribution in [3.05, 3.63) is 108 Å². The number of carbonyl (C=O) groups is 3. The van der Waals surface area contributed by atoms with Crippen LogP contribution in [0.5, 0.6) is 17.2 Å². The van der Waals surface area contributed by atoms with Crippen molar-refractivity contribution in [2.45, 2.75) is 78.6 Å². The molecule has 85 heavy (non-hydrogen) atoms. The van der Waals surface area contributed by atoms with E-state index in [1.54, 1.807) is 43.4 Å². The van der Waals surface area contributed by atoms with Gasteiger partial charge in [-0.1, -0.05) is 31.2 Å². The average Bonchev–Trinajstić information content (AvgIpc) is 1.93. The minimum atomic E-state index is -4.69. The maximum absolute atomic E-state index is 14.0. The molecule has 3 amide bonds. The van der Waals surface area contributed by atoms with Gasteiger partial charge in [-0.05, 0) is 112 Å². The molecule has 0 aliphatic carbocycles. The molecule has 6 aromatic rings. The van der Waals surface area contributed by atoms with Crippen molar-refractivity contribution < 1.29 is 50.9 Å². The number of phenolic OH excluding ortho intramolecular Hbond substituents is 2. The van der Waals surface area contributed by atoms with Crippen molar-refractivity contribution in [1.82, 2.24) is 44.7 Å². The quantitative estimate of drug-likeness (QED) is 0.0789. The molecule has 0 spiro atoms. The van der Waals surface area contributed by atoms with Gasteiger partial charge in [0.1, 0.15) is 29.0 Å².